The van der Waals surface area contributed by atoms with Crippen LogP contribution in [0.1, 0.15) is 53.2 Å². The van der Waals surface area contributed by atoms with Gasteiger partial charge < -0.3 is 10.1 Å². The molecule has 0 unspecified atom stereocenters. The first-order chi connectivity index (χ1) is 11.9. The highest BCUT2D eigenvalue weighted by Gasteiger charge is 2.15. The molecule has 0 aliphatic rings. The molecule has 4 heteroatoms. The van der Waals surface area contributed by atoms with Crippen LogP contribution < -0.4 is 5.32 Å². The van der Waals surface area contributed by atoms with Gasteiger partial charge in [0.05, 0.1) is 5.56 Å². The lowest BCUT2D eigenvalue weighted by molar-refractivity contribution is -0.119. The summed E-state index contributed by atoms with van der Waals surface area (Å²) in [6, 6.07) is 13.2. The second-order valence-electron chi connectivity index (χ2n) is 6.27. The number of ether oxygens (including phenoxy) is 1. The SMILES string of the molecule is CC[C@H](C)c1ccccc1NC(=O)COC(=O)c1cccc(C)c1C. The molecule has 0 saturated carbocycles. The van der Waals surface area contributed by atoms with Gasteiger partial charge in [0.1, 0.15) is 0 Å². The molecule has 0 bridgehead atoms. The van der Waals surface area contributed by atoms with Crippen LogP contribution >= 0.6 is 0 Å². The molecule has 25 heavy (non-hydrogen) atoms. The fourth-order valence-electron chi connectivity index (χ4n) is 2.63. The quantitative estimate of drug-likeness (QED) is 0.782. The van der Waals surface area contributed by atoms with Gasteiger partial charge in [0.2, 0.25) is 0 Å². The summed E-state index contributed by atoms with van der Waals surface area (Å²) < 4.78 is 5.17. The number of esters is 1. The van der Waals surface area contributed by atoms with E-state index in [1.165, 1.54) is 0 Å². The Hall–Kier alpha value is -2.62. The van der Waals surface area contributed by atoms with E-state index in [0.717, 1.165) is 28.8 Å². The molecule has 0 radical (unpaired) electrons. The molecule has 1 N–H and O–H groups in total. The lowest BCUT2D eigenvalue weighted by Crippen LogP contribution is -2.22. The highest BCUT2D eigenvalue weighted by molar-refractivity contribution is 5.96. The Morgan fingerprint density at radius 2 is 1.80 bits per heavy atom. The normalized spacial score (nSPS) is 11.7. The maximum Gasteiger partial charge on any atom is 0.338 e. The van der Waals surface area contributed by atoms with E-state index in [2.05, 4.69) is 19.2 Å². The molecule has 2 aromatic rings. The van der Waals surface area contributed by atoms with E-state index in [-0.39, 0.29) is 12.5 Å². The number of carbonyl (C=O) groups excluding carboxylic acids is 2. The van der Waals surface area contributed by atoms with Crippen molar-refractivity contribution in [3.63, 3.8) is 0 Å². The molecule has 0 heterocycles. The van der Waals surface area contributed by atoms with Crippen molar-refractivity contribution >= 4 is 17.6 Å². The number of amides is 1. The third-order valence-corrected chi connectivity index (χ3v) is 4.54. The maximum atomic E-state index is 12.2. The summed E-state index contributed by atoms with van der Waals surface area (Å²) in [5, 5.41) is 2.84. The maximum absolute atomic E-state index is 12.2. The molecule has 2 aromatic carbocycles. The number of aryl methyl sites for hydroxylation is 1. The number of hydrogen-bond donors (Lipinski definition) is 1. The predicted molar refractivity (Wildman–Crippen MR) is 100.0 cm³/mol. The van der Waals surface area contributed by atoms with Crippen LogP contribution in [0.4, 0.5) is 5.69 Å². The summed E-state index contributed by atoms with van der Waals surface area (Å²) in [5.41, 5.74) is 4.23. The fraction of sp³-hybridized carbons (Fsp3) is 0.333. The summed E-state index contributed by atoms with van der Waals surface area (Å²) in [7, 11) is 0. The van der Waals surface area contributed by atoms with Crippen molar-refractivity contribution in [2.45, 2.75) is 40.0 Å². The molecular weight excluding hydrogens is 314 g/mol. The first kappa shape index (κ1) is 18.7. The number of anilines is 1. The van der Waals surface area contributed by atoms with Crippen LogP contribution in [0, 0.1) is 13.8 Å². The Kier molecular flexibility index (Phi) is 6.34. The van der Waals surface area contributed by atoms with Gasteiger partial charge >= 0.3 is 5.97 Å². The number of benzene rings is 2. The molecule has 132 valence electrons. The Morgan fingerprint density at radius 3 is 2.52 bits per heavy atom. The summed E-state index contributed by atoms with van der Waals surface area (Å²) in [5.74, 6) is -0.477. The van der Waals surface area contributed by atoms with E-state index in [1.54, 1.807) is 12.1 Å². The molecule has 0 saturated heterocycles. The molecule has 4 nitrogen and oxygen atoms in total. The molecule has 0 aliphatic heterocycles. The van der Waals surface area contributed by atoms with Crippen molar-refractivity contribution in [1.29, 1.82) is 0 Å². The molecule has 2 rings (SSSR count). The van der Waals surface area contributed by atoms with Gasteiger partial charge in [0.15, 0.2) is 6.61 Å². The minimum Gasteiger partial charge on any atom is -0.452 e. The molecule has 0 fully saturated rings. The van der Waals surface area contributed by atoms with Gasteiger partial charge in [-0.05, 0) is 55.0 Å². The Morgan fingerprint density at radius 1 is 1.08 bits per heavy atom. The zero-order chi connectivity index (χ0) is 18.4. The highest BCUT2D eigenvalue weighted by atomic mass is 16.5. The Labute approximate surface area is 149 Å². The number of rotatable bonds is 6. The molecular formula is C21H25NO3. The zero-order valence-electron chi connectivity index (χ0n) is 15.3. The standard InChI is InChI=1S/C21H25NO3/c1-5-14(2)17-10-6-7-12-19(17)22-20(23)13-25-21(24)18-11-8-9-15(3)16(18)4/h6-12,14H,5,13H2,1-4H3,(H,22,23)/t14-/m0/s1. The average molecular weight is 339 g/mol. The van der Waals surface area contributed by atoms with E-state index >= 15 is 0 Å². The number of hydrogen-bond acceptors (Lipinski definition) is 3. The van der Waals surface area contributed by atoms with Crippen molar-refractivity contribution in [2.75, 3.05) is 11.9 Å². The van der Waals surface area contributed by atoms with Crippen molar-refractivity contribution in [2.24, 2.45) is 0 Å². The zero-order valence-corrected chi connectivity index (χ0v) is 15.3. The van der Waals surface area contributed by atoms with E-state index in [4.69, 9.17) is 4.74 Å². The lowest BCUT2D eigenvalue weighted by atomic mass is 9.97. The molecule has 0 aromatic heterocycles. The summed E-state index contributed by atoms with van der Waals surface area (Å²) in [6.45, 7) is 7.72. The molecule has 0 aliphatic carbocycles. The van der Waals surface area contributed by atoms with Gasteiger partial charge in [-0.15, -0.1) is 0 Å². The molecule has 0 spiro atoms. The van der Waals surface area contributed by atoms with Crippen molar-refractivity contribution in [1.82, 2.24) is 0 Å². The second kappa shape index (κ2) is 8.47. The lowest BCUT2D eigenvalue weighted by Gasteiger charge is -2.15. The number of carbonyl (C=O) groups is 2. The van der Waals surface area contributed by atoms with E-state index in [1.807, 2.05) is 44.2 Å². The highest BCUT2D eigenvalue weighted by Crippen LogP contribution is 2.26. The van der Waals surface area contributed by atoms with Gasteiger partial charge in [-0.2, -0.15) is 0 Å². The molecule has 1 amide bonds. The van der Waals surface area contributed by atoms with Crippen LogP contribution in [0.25, 0.3) is 0 Å². The van der Waals surface area contributed by atoms with Crippen LogP contribution in [-0.2, 0) is 9.53 Å². The van der Waals surface area contributed by atoms with Gasteiger partial charge in [-0.25, -0.2) is 4.79 Å². The van der Waals surface area contributed by atoms with Crippen LogP contribution in [0.15, 0.2) is 42.5 Å². The summed E-state index contributed by atoms with van der Waals surface area (Å²) in [4.78, 5) is 24.4. The predicted octanol–water partition coefficient (Wildman–Crippen LogP) is 4.61. The minimum atomic E-state index is -0.480. The topological polar surface area (TPSA) is 55.4 Å². The fourth-order valence-corrected chi connectivity index (χ4v) is 2.63. The first-order valence-electron chi connectivity index (χ1n) is 8.56. The van der Waals surface area contributed by atoms with Gasteiger partial charge in [-0.1, -0.05) is 44.2 Å². The van der Waals surface area contributed by atoms with E-state index < -0.39 is 5.97 Å². The third-order valence-electron chi connectivity index (χ3n) is 4.54. The summed E-state index contributed by atoms with van der Waals surface area (Å²) in [6.07, 6.45) is 0.981. The molecule has 1 atom stereocenters. The van der Waals surface area contributed by atoms with Crippen LogP contribution in [0.5, 0.6) is 0 Å². The van der Waals surface area contributed by atoms with Gasteiger partial charge in [0.25, 0.3) is 5.91 Å². The number of para-hydroxylation sites is 1. The van der Waals surface area contributed by atoms with Crippen LogP contribution in [0.3, 0.4) is 0 Å². The Bertz CT molecular complexity index is 767. The van der Waals surface area contributed by atoms with Gasteiger partial charge in [-0.3, -0.25) is 4.79 Å². The number of nitrogens with one attached hydrogen (secondary N) is 1. The van der Waals surface area contributed by atoms with Crippen molar-refractivity contribution < 1.29 is 14.3 Å². The van der Waals surface area contributed by atoms with Gasteiger partial charge in [0, 0.05) is 5.69 Å². The monoisotopic (exact) mass is 339 g/mol. The van der Waals surface area contributed by atoms with Crippen molar-refractivity contribution in [3.05, 3.63) is 64.7 Å². The first-order valence-corrected chi connectivity index (χ1v) is 8.56. The largest absolute Gasteiger partial charge is 0.452 e. The van der Waals surface area contributed by atoms with E-state index in [9.17, 15) is 9.59 Å². The smallest absolute Gasteiger partial charge is 0.338 e. The summed E-state index contributed by atoms with van der Waals surface area (Å²) >= 11 is 0. The average Bonchev–Trinajstić information content (AvgIpc) is 2.61. The Balaban J connectivity index is 2.00. The van der Waals surface area contributed by atoms with Crippen LogP contribution in [0.2, 0.25) is 0 Å². The minimum absolute atomic E-state index is 0.305. The third kappa shape index (κ3) is 4.69. The van der Waals surface area contributed by atoms with Crippen LogP contribution in [-0.4, -0.2) is 18.5 Å². The second-order valence-corrected chi connectivity index (χ2v) is 6.27. The van der Waals surface area contributed by atoms with E-state index in [0.29, 0.717) is 11.5 Å². The van der Waals surface area contributed by atoms with Crippen molar-refractivity contribution in [3.8, 4) is 0 Å².